The van der Waals surface area contributed by atoms with Gasteiger partial charge in [-0.3, -0.25) is 10.1 Å². The number of carboxylic acid groups (broad SMARTS) is 1. The summed E-state index contributed by atoms with van der Waals surface area (Å²) < 4.78 is 18.4. The maximum absolute atomic E-state index is 13.4. The molecule has 8 heteroatoms. The molecule has 1 aromatic heterocycles. The molecule has 0 atom stereocenters. The first kappa shape index (κ1) is 14.1. The van der Waals surface area contributed by atoms with Crippen molar-refractivity contribution in [1.29, 1.82) is 0 Å². The minimum atomic E-state index is -1.17. The number of nitro groups is 1. The first-order chi connectivity index (χ1) is 9.47. The van der Waals surface area contributed by atoms with Crippen molar-refractivity contribution in [3.63, 3.8) is 0 Å². The van der Waals surface area contributed by atoms with E-state index in [1.807, 2.05) is 0 Å². The Morgan fingerprint density at radius 2 is 2.15 bits per heavy atom. The summed E-state index contributed by atoms with van der Waals surface area (Å²) >= 11 is 1.17. The highest BCUT2D eigenvalue weighted by molar-refractivity contribution is 7.98. The third-order valence-corrected chi connectivity index (χ3v) is 3.36. The fourth-order valence-electron chi connectivity index (χ4n) is 1.46. The third-order valence-electron chi connectivity index (χ3n) is 2.38. The van der Waals surface area contributed by atoms with E-state index in [1.165, 1.54) is 30.0 Å². The molecular formula is C12H8FNO5S. The molecule has 104 valence electrons. The predicted octanol–water partition coefficient (Wildman–Crippen LogP) is 3.32. The van der Waals surface area contributed by atoms with Gasteiger partial charge in [-0.05, 0) is 23.8 Å². The average Bonchev–Trinajstić information content (AvgIpc) is 2.85. The number of benzene rings is 1. The van der Waals surface area contributed by atoms with Gasteiger partial charge < -0.3 is 9.52 Å². The summed E-state index contributed by atoms with van der Waals surface area (Å²) in [5.74, 6) is -1.94. The van der Waals surface area contributed by atoms with Gasteiger partial charge in [0.1, 0.15) is 0 Å². The van der Waals surface area contributed by atoms with Crippen LogP contribution in [0.1, 0.15) is 16.1 Å². The van der Waals surface area contributed by atoms with Gasteiger partial charge in [0.05, 0.1) is 4.92 Å². The van der Waals surface area contributed by atoms with Crippen LogP contribution in [0.15, 0.2) is 39.8 Å². The summed E-state index contributed by atoms with van der Waals surface area (Å²) in [6.07, 6.45) is 0. The Kier molecular flexibility index (Phi) is 4.04. The quantitative estimate of drug-likeness (QED) is 0.517. The zero-order valence-electron chi connectivity index (χ0n) is 9.91. The molecule has 0 aliphatic heterocycles. The molecule has 0 saturated carbocycles. The smallest absolute Gasteiger partial charge is 0.371 e. The molecule has 2 rings (SSSR count). The molecule has 1 N–H and O–H groups in total. The van der Waals surface area contributed by atoms with E-state index in [1.54, 1.807) is 0 Å². The highest BCUT2D eigenvalue weighted by Crippen LogP contribution is 2.27. The molecule has 2 aromatic rings. The van der Waals surface area contributed by atoms with E-state index in [0.29, 0.717) is 16.4 Å². The molecule has 1 heterocycles. The molecule has 0 aliphatic carbocycles. The second kappa shape index (κ2) is 5.74. The van der Waals surface area contributed by atoms with E-state index in [0.717, 1.165) is 12.1 Å². The standard InChI is InChI=1S/C12H8FNO5S/c13-8-5-7(1-2-9(8)14(17)18)6-20-11-4-3-10(19-11)12(15)16/h1-5H,6H2,(H,15,16). The molecule has 0 unspecified atom stereocenters. The molecule has 0 spiro atoms. The van der Waals surface area contributed by atoms with Crippen molar-refractivity contribution in [2.75, 3.05) is 0 Å². The van der Waals surface area contributed by atoms with Crippen LogP contribution in [0.25, 0.3) is 0 Å². The second-order valence-electron chi connectivity index (χ2n) is 3.76. The fourth-order valence-corrected chi connectivity index (χ4v) is 2.26. The maximum Gasteiger partial charge on any atom is 0.371 e. The van der Waals surface area contributed by atoms with Gasteiger partial charge in [-0.2, -0.15) is 4.39 Å². The molecule has 0 radical (unpaired) electrons. The molecule has 0 aliphatic rings. The van der Waals surface area contributed by atoms with Crippen LogP contribution in [0.2, 0.25) is 0 Å². The van der Waals surface area contributed by atoms with Gasteiger partial charge >= 0.3 is 11.7 Å². The summed E-state index contributed by atoms with van der Waals surface area (Å²) in [6.45, 7) is 0. The van der Waals surface area contributed by atoms with Crippen molar-refractivity contribution in [3.8, 4) is 0 Å². The number of nitrogens with zero attached hydrogens (tertiary/aromatic N) is 1. The van der Waals surface area contributed by atoms with Gasteiger partial charge in [-0.1, -0.05) is 17.8 Å². The van der Waals surface area contributed by atoms with E-state index in [9.17, 15) is 19.3 Å². The highest BCUT2D eigenvalue weighted by atomic mass is 32.2. The Hall–Kier alpha value is -2.35. The number of hydrogen-bond donors (Lipinski definition) is 1. The minimum Gasteiger partial charge on any atom is -0.475 e. The van der Waals surface area contributed by atoms with Crippen molar-refractivity contribution in [1.82, 2.24) is 0 Å². The summed E-state index contributed by atoms with van der Waals surface area (Å²) in [7, 11) is 0. The number of rotatable bonds is 5. The first-order valence-electron chi connectivity index (χ1n) is 5.36. The van der Waals surface area contributed by atoms with Crippen molar-refractivity contribution in [2.45, 2.75) is 10.8 Å². The van der Waals surface area contributed by atoms with Crippen LogP contribution < -0.4 is 0 Å². The normalized spacial score (nSPS) is 10.4. The van der Waals surface area contributed by atoms with Gasteiger partial charge in [-0.15, -0.1) is 0 Å². The lowest BCUT2D eigenvalue weighted by Gasteiger charge is -2.00. The number of aromatic carboxylic acids is 1. The van der Waals surface area contributed by atoms with Crippen molar-refractivity contribution in [3.05, 3.63) is 57.6 Å². The first-order valence-corrected chi connectivity index (χ1v) is 6.34. The lowest BCUT2D eigenvalue weighted by Crippen LogP contribution is -1.93. The Morgan fingerprint density at radius 3 is 2.70 bits per heavy atom. The van der Waals surface area contributed by atoms with Crippen molar-refractivity contribution >= 4 is 23.4 Å². The Labute approximate surface area is 116 Å². The van der Waals surface area contributed by atoms with Crippen LogP contribution in [-0.4, -0.2) is 16.0 Å². The van der Waals surface area contributed by atoms with Gasteiger partial charge in [0, 0.05) is 11.8 Å². The zero-order valence-corrected chi connectivity index (χ0v) is 10.7. The van der Waals surface area contributed by atoms with E-state index in [-0.39, 0.29) is 5.76 Å². The molecule has 20 heavy (non-hydrogen) atoms. The van der Waals surface area contributed by atoms with Crippen LogP contribution in [0.4, 0.5) is 10.1 Å². The largest absolute Gasteiger partial charge is 0.475 e. The molecule has 0 bridgehead atoms. The zero-order chi connectivity index (χ0) is 14.7. The summed E-state index contributed by atoms with van der Waals surface area (Å²) in [6, 6.07) is 6.43. The predicted molar refractivity (Wildman–Crippen MR) is 68.3 cm³/mol. The van der Waals surface area contributed by atoms with Crippen molar-refractivity contribution in [2.24, 2.45) is 0 Å². The molecule has 0 fully saturated rings. The van der Waals surface area contributed by atoms with Crippen LogP contribution >= 0.6 is 11.8 Å². The molecular weight excluding hydrogens is 289 g/mol. The lowest BCUT2D eigenvalue weighted by atomic mass is 10.2. The van der Waals surface area contributed by atoms with Crippen LogP contribution in [0, 0.1) is 15.9 Å². The van der Waals surface area contributed by atoms with Gasteiger partial charge in [0.2, 0.25) is 11.6 Å². The van der Waals surface area contributed by atoms with Gasteiger partial charge in [0.25, 0.3) is 0 Å². The molecule has 0 saturated heterocycles. The monoisotopic (exact) mass is 297 g/mol. The van der Waals surface area contributed by atoms with E-state index < -0.39 is 22.4 Å². The third kappa shape index (κ3) is 3.15. The number of furan rings is 1. The van der Waals surface area contributed by atoms with Crippen LogP contribution in [0.3, 0.4) is 0 Å². The summed E-state index contributed by atoms with van der Waals surface area (Å²) in [4.78, 5) is 20.3. The number of thioether (sulfide) groups is 1. The van der Waals surface area contributed by atoms with E-state index in [4.69, 9.17) is 9.52 Å². The molecule has 6 nitrogen and oxygen atoms in total. The number of hydrogen-bond acceptors (Lipinski definition) is 5. The summed E-state index contributed by atoms with van der Waals surface area (Å²) in [5.41, 5.74) is -0.0451. The van der Waals surface area contributed by atoms with Crippen LogP contribution in [-0.2, 0) is 5.75 Å². The van der Waals surface area contributed by atoms with Gasteiger partial charge in [-0.25, -0.2) is 4.79 Å². The number of halogens is 1. The summed E-state index contributed by atoms with van der Waals surface area (Å²) in [5, 5.41) is 19.5. The SMILES string of the molecule is O=C(O)c1ccc(SCc2ccc([N+](=O)[O-])c(F)c2)o1. The van der Waals surface area contributed by atoms with Crippen LogP contribution in [0.5, 0.6) is 0 Å². The average molecular weight is 297 g/mol. The Balaban J connectivity index is 2.05. The Morgan fingerprint density at radius 1 is 1.40 bits per heavy atom. The minimum absolute atomic E-state index is 0.178. The van der Waals surface area contributed by atoms with Gasteiger partial charge in [0.15, 0.2) is 5.09 Å². The lowest BCUT2D eigenvalue weighted by molar-refractivity contribution is -0.387. The number of carbonyl (C=O) groups is 1. The molecule has 0 amide bonds. The topological polar surface area (TPSA) is 93.6 Å². The van der Waals surface area contributed by atoms with E-state index in [2.05, 4.69) is 0 Å². The highest BCUT2D eigenvalue weighted by Gasteiger charge is 2.14. The maximum atomic E-state index is 13.4. The fraction of sp³-hybridized carbons (Fsp3) is 0.0833. The molecule has 1 aromatic carbocycles. The van der Waals surface area contributed by atoms with Crippen molar-refractivity contribution < 1.29 is 23.6 Å². The number of carboxylic acids is 1. The second-order valence-corrected chi connectivity index (χ2v) is 4.74. The number of nitro benzene ring substituents is 1. The van der Waals surface area contributed by atoms with E-state index >= 15 is 0 Å². The Bertz CT molecular complexity index is 670.